The summed E-state index contributed by atoms with van der Waals surface area (Å²) in [6.07, 6.45) is 2.31. The molecule has 2 aromatic rings. The Morgan fingerprint density at radius 3 is 2.43 bits per heavy atom. The lowest BCUT2D eigenvalue weighted by atomic mass is 10.1. The Morgan fingerprint density at radius 2 is 1.81 bits per heavy atom. The van der Waals surface area contributed by atoms with Crippen LogP contribution in [0.3, 0.4) is 0 Å². The van der Waals surface area contributed by atoms with E-state index < -0.39 is 0 Å². The fraction of sp³-hybridized carbons (Fsp3) is 0.294. The Bertz CT molecular complexity index is 576. The first-order valence-electron chi connectivity index (χ1n) is 7.18. The smallest absolute Gasteiger partial charge is 0.224 e. The van der Waals surface area contributed by atoms with Crippen molar-refractivity contribution in [3.63, 3.8) is 0 Å². The van der Waals surface area contributed by atoms with Crippen LogP contribution in [0, 0.1) is 6.92 Å². The van der Waals surface area contributed by atoms with E-state index in [2.05, 4.69) is 21.7 Å². The molecule has 4 nitrogen and oxygen atoms in total. The van der Waals surface area contributed by atoms with Crippen molar-refractivity contribution >= 4 is 11.6 Å². The van der Waals surface area contributed by atoms with E-state index in [1.165, 1.54) is 0 Å². The number of carbonyl (C=O) groups excluding carboxylic acids is 1. The molecule has 0 bridgehead atoms. The minimum Gasteiger partial charge on any atom is -0.381 e. The number of pyridine rings is 1. The molecule has 110 valence electrons. The number of nitrogens with one attached hydrogen (secondary N) is 2. The SMILES string of the molecule is CCNC(=O)Cc1ccc(NCc2ccc(C)nc2)cc1. The lowest BCUT2D eigenvalue weighted by molar-refractivity contribution is -0.120. The Hall–Kier alpha value is -2.36. The van der Waals surface area contributed by atoms with E-state index in [0.717, 1.165) is 29.1 Å². The third-order valence-electron chi connectivity index (χ3n) is 3.16. The molecule has 2 rings (SSSR count). The molecule has 1 heterocycles. The number of rotatable bonds is 6. The van der Waals surface area contributed by atoms with Gasteiger partial charge < -0.3 is 10.6 Å². The molecule has 21 heavy (non-hydrogen) atoms. The molecule has 0 fully saturated rings. The van der Waals surface area contributed by atoms with Gasteiger partial charge in [0.25, 0.3) is 0 Å². The first-order valence-corrected chi connectivity index (χ1v) is 7.18. The molecule has 0 unspecified atom stereocenters. The molecule has 1 aromatic carbocycles. The maximum atomic E-state index is 11.5. The van der Waals surface area contributed by atoms with Crippen molar-refractivity contribution in [1.29, 1.82) is 0 Å². The minimum absolute atomic E-state index is 0.0592. The van der Waals surface area contributed by atoms with Crippen molar-refractivity contribution in [2.75, 3.05) is 11.9 Å². The Morgan fingerprint density at radius 1 is 1.10 bits per heavy atom. The minimum atomic E-state index is 0.0592. The van der Waals surface area contributed by atoms with Gasteiger partial charge in [0.05, 0.1) is 6.42 Å². The number of anilines is 1. The van der Waals surface area contributed by atoms with Crippen molar-refractivity contribution in [3.05, 3.63) is 59.4 Å². The molecule has 0 saturated carbocycles. The van der Waals surface area contributed by atoms with Gasteiger partial charge in [-0.25, -0.2) is 0 Å². The molecule has 4 heteroatoms. The Kier molecular flexibility index (Phi) is 5.32. The third kappa shape index (κ3) is 4.91. The summed E-state index contributed by atoms with van der Waals surface area (Å²) in [6, 6.07) is 12.0. The standard InChI is InChI=1S/C17H21N3O/c1-3-18-17(21)10-14-6-8-16(9-7-14)20-12-15-5-4-13(2)19-11-15/h4-9,11,20H,3,10,12H2,1-2H3,(H,18,21). The number of carbonyl (C=O) groups is 1. The molecule has 1 aromatic heterocycles. The summed E-state index contributed by atoms with van der Waals surface area (Å²) in [5.41, 5.74) is 4.22. The number of nitrogens with zero attached hydrogens (tertiary/aromatic N) is 1. The summed E-state index contributed by atoms with van der Waals surface area (Å²) in [5, 5.41) is 6.14. The van der Waals surface area contributed by atoms with Gasteiger partial charge in [-0.15, -0.1) is 0 Å². The Balaban J connectivity index is 1.87. The van der Waals surface area contributed by atoms with Crippen molar-refractivity contribution in [2.45, 2.75) is 26.8 Å². The average molecular weight is 283 g/mol. The van der Waals surface area contributed by atoms with Crippen LogP contribution in [0.1, 0.15) is 23.7 Å². The largest absolute Gasteiger partial charge is 0.381 e. The maximum Gasteiger partial charge on any atom is 0.224 e. The monoisotopic (exact) mass is 283 g/mol. The van der Waals surface area contributed by atoms with Gasteiger partial charge in [-0.3, -0.25) is 9.78 Å². The summed E-state index contributed by atoms with van der Waals surface area (Å²) in [6.45, 7) is 5.31. The number of likely N-dealkylation sites (N-methyl/N-ethyl adjacent to an activating group) is 1. The lowest BCUT2D eigenvalue weighted by Crippen LogP contribution is -2.24. The van der Waals surface area contributed by atoms with Crippen molar-refractivity contribution < 1.29 is 4.79 Å². The molecular formula is C17H21N3O. The van der Waals surface area contributed by atoms with Crippen LogP contribution in [0.2, 0.25) is 0 Å². The summed E-state index contributed by atoms with van der Waals surface area (Å²) < 4.78 is 0. The van der Waals surface area contributed by atoms with Gasteiger partial charge in [0, 0.05) is 30.7 Å². The predicted octanol–water partition coefficient (Wildman–Crippen LogP) is 2.68. The van der Waals surface area contributed by atoms with E-state index in [9.17, 15) is 4.79 Å². The fourth-order valence-electron chi connectivity index (χ4n) is 1.99. The van der Waals surface area contributed by atoms with Gasteiger partial charge in [-0.2, -0.15) is 0 Å². The number of hydrogen-bond acceptors (Lipinski definition) is 3. The van der Waals surface area contributed by atoms with E-state index in [-0.39, 0.29) is 5.91 Å². The van der Waals surface area contributed by atoms with Crippen LogP contribution in [0.15, 0.2) is 42.6 Å². The first-order chi connectivity index (χ1) is 10.2. The molecule has 0 aliphatic heterocycles. The van der Waals surface area contributed by atoms with Crippen LogP contribution in [0.5, 0.6) is 0 Å². The zero-order chi connectivity index (χ0) is 15.1. The van der Waals surface area contributed by atoms with Crippen LogP contribution < -0.4 is 10.6 Å². The highest BCUT2D eigenvalue weighted by Gasteiger charge is 2.02. The number of aryl methyl sites for hydroxylation is 1. The number of amides is 1. The van der Waals surface area contributed by atoms with Gasteiger partial charge in [0.15, 0.2) is 0 Å². The van der Waals surface area contributed by atoms with Crippen molar-refractivity contribution in [3.8, 4) is 0 Å². The van der Waals surface area contributed by atoms with Gasteiger partial charge in [-0.1, -0.05) is 18.2 Å². The van der Waals surface area contributed by atoms with Crippen LogP contribution in [0.25, 0.3) is 0 Å². The summed E-state index contributed by atoms with van der Waals surface area (Å²) >= 11 is 0. The molecular weight excluding hydrogens is 262 g/mol. The van der Waals surface area contributed by atoms with Crippen molar-refractivity contribution in [1.82, 2.24) is 10.3 Å². The maximum absolute atomic E-state index is 11.5. The average Bonchev–Trinajstić information content (AvgIpc) is 2.48. The number of aromatic nitrogens is 1. The molecule has 0 aliphatic rings. The quantitative estimate of drug-likeness (QED) is 0.857. The summed E-state index contributed by atoms with van der Waals surface area (Å²) in [4.78, 5) is 15.8. The summed E-state index contributed by atoms with van der Waals surface area (Å²) in [7, 11) is 0. The molecule has 0 aliphatic carbocycles. The molecule has 0 atom stereocenters. The highest BCUT2D eigenvalue weighted by molar-refractivity contribution is 5.78. The highest BCUT2D eigenvalue weighted by Crippen LogP contribution is 2.11. The van der Waals surface area contributed by atoms with Crippen LogP contribution in [-0.2, 0) is 17.8 Å². The molecule has 0 radical (unpaired) electrons. The van der Waals surface area contributed by atoms with E-state index in [0.29, 0.717) is 13.0 Å². The number of benzene rings is 1. The lowest BCUT2D eigenvalue weighted by Gasteiger charge is -2.08. The van der Waals surface area contributed by atoms with Gasteiger partial charge in [0.1, 0.15) is 0 Å². The van der Waals surface area contributed by atoms with Gasteiger partial charge in [-0.05, 0) is 43.2 Å². The number of hydrogen-bond donors (Lipinski definition) is 2. The highest BCUT2D eigenvalue weighted by atomic mass is 16.1. The normalized spacial score (nSPS) is 10.2. The second kappa shape index (κ2) is 7.43. The van der Waals surface area contributed by atoms with E-state index in [4.69, 9.17) is 0 Å². The molecule has 0 saturated heterocycles. The van der Waals surface area contributed by atoms with Crippen LogP contribution in [0.4, 0.5) is 5.69 Å². The topological polar surface area (TPSA) is 54.0 Å². The Labute approximate surface area is 125 Å². The van der Waals surface area contributed by atoms with Crippen LogP contribution >= 0.6 is 0 Å². The summed E-state index contributed by atoms with van der Waals surface area (Å²) in [5.74, 6) is 0.0592. The second-order valence-corrected chi connectivity index (χ2v) is 4.99. The molecule has 0 spiro atoms. The van der Waals surface area contributed by atoms with E-state index >= 15 is 0 Å². The first kappa shape index (κ1) is 15.0. The second-order valence-electron chi connectivity index (χ2n) is 4.99. The zero-order valence-corrected chi connectivity index (χ0v) is 12.5. The predicted molar refractivity (Wildman–Crippen MR) is 85.1 cm³/mol. The van der Waals surface area contributed by atoms with Gasteiger partial charge in [0.2, 0.25) is 5.91 Å². The van der Waals surface area contributed by atoms with Gasteiger partial charge >= 0.3 is 0 Å². The van der Waals surface area contributed by atoms with Crippen LogP contribution in [-0.4, -0.2) is 17.4 Å². The fourth-order valence-corrected chi connectivity index (χ4v) is 1.99. The zero-order valence-electron chi connectivity index (χ0n) is 12.5. The van der Waals surface area contributed by atoms with E-state index in [1.807, 2.05) is 50.4 Å². The molecule has 2 N–H and O–H groups in total. The van der Waals surface area contributed by atoms with E-state index in [1.54, 1.807) is 0 Å². The third-order valence-corrected chi connectivity index (χ3v) is 3.16. The molecule has 1 amide bonds. The van der Waals surface area contributed by atoms with Crippen molar-refractivity contribution in [2.24, 2.45) is 0 Å².